The number of benzene rings is 3. The molecule has 1 aromatic heterocycles. The minimum absolute atomic E-state index is 0.179. The van der Waals surface area contributed by atoms with Crippen molar-refractivity contribution in [2.75, 3.05) is 14.2 Å². The molecule has 162 valence electrons. The van der Waals surface area contributed by atoms with Crippen LogP contribution in [0.15, 0.2) is 65.1 Å². The van der Waals surface area contributed by atoms with Crippen LogP contribution >= 0.6 is 0 Å². The molecule has 0 saturated carbocycles. The van der Waals surface area contributed by atoms with Gasteiger partial charge in [0, 0.05) is 17.0 Å². The van der Waals surface area contributed by atoms with E-state index in [1.165, 1.54) is 7.11 Å². The number of primary amides is 1. The lowest BCUT2D eigenvalue weighted by Gasteiger charge is -2.08. The van der Waals surface area contributed by atoms with E-state index in [0.717, 1.165) is 27.6 Å². The van der Waals surface area contributed by atoms with Crippen LogP contribution in [-0.2, 0) is 11.2 Å². The van der Waals surface area contributed by atoms with Crippen molar-refractivity contribution in [2.45, 2.75) is 13.3 Å². The standard InChI is InChI=1S/C26H23NO5/c1-15-20-9-7-18(17-6-4-5-16(11-17)12-24(27)28)13-23(20)32-26(15)25(29)21-10-8-19(30-2)14-22(21)31-3/h4-11,13-14H,12H2,1-3H3,(H2,27,28). The van der Waals surface area contributed by atoms with Crippen LogP contribution in [0.25, 0.3) is 22.1 Å². The lowest BCUT2D eigenvalue weighted by atomic mass is 9.99. The van der Waals surface area contributed by atoms with E-state index in [0.29, 0.717) is 22.6 Å². The molecule has 0 unspecified atom stereocenters. The molecule has 3 aromatic carbocycles. The van der Waals surface area contributed by atoms with E-state index in [4.69, 9.17) is 19.6 Å². The fourth-order valence-electron chi connectivity index (χ4n) is 3.79. The van der Waals surface area contributed by atoms with Crippen LogP contribution < -0.4 is 15.2 Å². The van der Waals surface area contributed by atoms with Crippen molar-refractivity contribution in [1.82, 2.24) is 0 Å². The number of furan rings is 1. The Labute approximate surface area is 185 Å². The Balaban J connectivity index is 1.74. The van der Waals surface area contributed by atoms with Gasteiger partial charge in [-0.15, -0.1) is 0 Å². The molecular weight excluding hydrogens is 406 g/mol. The number of hydrogen-bond donors (Lipinski definition) is 1. The van der Waals surface area contributed by atoms with Gasteiger partial charge in [-0.2, -0.15) is 0 Å². The summed E-state index contributed by atoms with van der Waals surface area (Å²) in [5.41, 5.74) is 9.78. The van der Waals surface area contributed by atoms with Gasteiger partial charge in [0.2, 0.25) is 11.7 Å². The third-order valence-corrected chi connectivity index (χ3v) is 5.44. The van der Waals surface area contributed by atoms with Crippen LogP contribution in [0.5, 0.6) is 11.5 Å². The van der Waals surface area contributed by atoms with Gasteiger partial charge in [0.1, 0.15) is 17.1 Å². The SMILES string of the molecule is COc1ccc(C(=O)c2oc3cc(-c4cccc(CC(N)=O)c4)ccc3c2C)c(OC)c1. The monoisotopic (exact) mass is 429 g/mol. The maximum absolute atomic E-state index is 13.3. The molecular formula is C26H23NO5. The number of amides is 1. The maximum atomic E-state index is 13.3. The quantitative estimate of drug-likeness (QED) is 0.431. The minimum atomic E-state index is -0.378. The molecule has 4 rings (SSSR count). The normalized spacial score (nSPS) is 10.8. The molecule has 0 radical (unpaired) electrons. The number of rotatable bonds is 7. The van der Waals surface area contributed by atoms with E-state index in [-0.39, 0.29) is 23.9 Å². The Morgan fingerprint density at radius 2 is 1.72 bits per heavy atom. The molecule has 0 aliphatic rings. The molecule has 6 nitrogen and oxygen atoms in total. The highest BCUT2D eigenvalue weighted by molar-refractivity contribution is 6.12. The molecule has 0 aliphatic carbocycles. The third-order valence-electron chi connectivity index (χ3n) is 5.44. The highest BCUT2D eigenvalue weighted by atomic mass is 16.5. The van der Waals surface area contributed by atoms with Crippen LogP contribution in [0.2, 0.25) is 0 Å². The zero-order valence-corrected chi connectivity index (χ0v) is 18.1. The lowest BCUT2D eigenvalue weighted by Crippen LogP contribution is -2.13. The van der Waals surface area contributed by atoms with Gasteiger partial charge in [-0.3, -0.25) is 9.59 Å². The molecule has 0 spiro atoms. The summed E-state index contributed by atoms with van der Waals surface area (Å²) in [6.45, 7) is 1.86. The lowest BCUT2D eigenvalue weighted by molar-refractivity contribution is -0.117. The van der Waals surface area contributed by atoms with Crippen LogP contribution in [0.1, 0.15) is 27.2 Å². The van der Waals surface area contributed by atoms with Crippen molar-refractivity contribution < 1.29 is 23.5 Å². The van der Waals surface area contributed by atoms with E-state index in [1.807, 2.05) is 49.4 Å². The summed E-state index contributed by atoms with van der Waals surface area (Å²) in [5.74, 6) is 0.645. The molecule has 0 atom stereocenters. The van der Waals surface area contributed by atoms with E-state index in [2.05, 4.69) is 0 Å². The fraction of sp³-hybridized carbons (Fsp3) is 0.154. The third kappa shape index (κ3) is 3.95. The first kappa shape index (κ1) is 21.2. The average molecular weight is 429 g/mol. The molecule has 1 amide bonds. The highest BCUT2D eigenvalue weighted by Crippen LogP contribution is 2.33. The second kappa shape index (κ2) is 8.59. The summed E-state index contributed by atoms with van der Waals surface area (Å²) >= 11 is 0. The van der Waals surface area contributed by atoms with Crippen molar-refractivity contribution in [3.63, 3.8) is 0 Å². The maximum Gasteiger partial charge on any atom is 0.232 e. The van der Waals surface area contributed by atoms with Gasteiger partial charge in [0.15, 0.2) is 5.76 Å². The zero-order valence-electron chi connectivity index (χ0n) is 18.1. The zero-order chi connectivity index (χ0) is 22.8. The first-order valence-electron chi connectivity index (χ1n) is 10.1. The largest absolute Gasteiger partial charge is 0.497 e. The molecule has 2 N–H and O–H groups in total. The summed E-state index contributed by atoms with van der Waals surface area (Å²) < 4.78 is 16.6. The number of carbonyl (C=O) groups is 2. The van der Waals surface area contributed by atoms with Crippen molar-refractivity contribution in [3.8, 4) is 22.6 Å². The average Bonchev–Trinajstić information content (AvgIpc) is 3.13. The molecule has 0 bridgehead atoms. The van der Waals surface area contributed by atoms with E-state index in [9.17, 15) is 9.59 Å². The topological polar surface area (TPSA) is 91.8 Å². The summed E-state index contributed by atoms with van der Waals surface area (Å²) in [7, 11) is 3.07. The summed E-state index contributed by atoms with van der Waals surface area (Å²) in [4.78, 5) is 24.5. The van der Waals surface area contributed by atoms with Crippen molar-refractivity contribution >= 4 is 22.7 Å². The van der Waals surface area contributed by atoms with Gasteiger partial charge in [-0.05, 0) is 41.8 Å². The molecule has 0 fully saturated rings. The van der Waals surface area contributed by atoms with E-state index in [1.54, 1.807) is 25.3 Å². The Bertz CT molecular complexity index is 1340. The first-order valence-corrected chi connectivity index (χ1v) is 10.1. The minimum Gasteiger partial charge on any atom is -0.497 e. The summed E-state index contributed by atoms with van der Waals surface area (Å²) in [5, 5.41) is 0.859. The fourth-order valence-corrected chi connectivity index (χ4v) is 3.79. The number of methoxy groups -OCH3 is 2. The van der Waals surface area contributed by atoms with Gasteiger partial charge < -0.3 is 19.6 Å². The number of carbonyl (C=O) groups excluding carboxylic acids is 2. The van der Waals surface area contributed by atoms with Crippen molar-refractivity contribution in [1.29, 1.82) is 0 Å². The predicted molar refractivity (Wildman–Crippen MR) is 122 cm³/mol. The second-order valence-corrected chi connectivity index (χ2v) is 7.51. The van der Waals surface area contributed by atoms with Gasteiger partial charge in [0.05, 0.1) is 26.2 Å². The Morgan fingerprint density at radius 1 is 0.938 bits per heavy atom. The Morgan fingerprint density at radius 3 is 2.44 bits per heavy atom. The van der Waals surface area contributed by atoms with E-state index >= 15 is 0 Å². The van der Waals surface area contributed by atoms with E-state index < -0.39 is 0 Å². The number of ether oxygens (including phenoxy) is 2. The first-order chi connectivity index (χ1) is 15.4. The Hall–Kier alpha value is -4.06. The van der Waals surface area contributed by atoms with Crippen LogP contribution in [-0.4, -0.2) is 25.9 Å². The highest BCUT2D eigenvalue weighted by Gasteiger charge is 2.23. The van der Waals surface area contributed by atoms with Crippen LogP contribution in [0, 0.1) is 6.92 Å². The molecule has 0 aliphatic heterocycles. The second-order valence-electron chi connectivity index (χ2n) is 7.51. The smallest absolute Gasteiger partial charge is 0.232 e. The number of nitrogens with two attached hydrogens (primary N) is 1. The molecule has 1 heterocycles. The van der Waals surface area contributed by atoms with Gasteiger partial charge in [-0.25, -0.2) is 0 Å². The number of fused-ring (bicyclic) bond motifs is 1. The van der Waals surface area contributed by atoms with Gasteiger partial charge in [0.25, 0.3) is 0 Å². The number of ketones is 1. The summed E-state index contributed by atoms with van der Waals surface area (Å²) in [6.07, 6.45) is 0.179. The van der Waals surface area contributed by atoms with Gasteiger partial charge in [-0.1, -0.05) is 36.4 Å². The van der Waals surface area contributed by atoms with Crippen molar-refractivity contribution in [2.24, 2.45) is 5.73 Å². The molecule has 6 heteroatoms. The van der Waals surface area contributed by atoms with Crippen molar-refractivity contribution in [3.05, 3.63) is 83.1 Å². The molecule has 4 aromatic rings. The predicted octanol–water partition coefficient (Wildman–Crippen LogP) is 4.68. The Kier molecular flexibility index (Phi) is 5.69. The number of hydrogen-bond acceptors (Lipinski definition) is 5. The van der Waals surface area contributed by atoms with Crippen LogP contribution in [0.3, 0.4) is 0 Å². The van der Waals surface area contributed by atoms with Crippen LogP contribution in [0.4, 0.5) is 0 Å². The molecule has 0 saturated heterocycles. The number of aryl methyl sites for hydroxylation is 1. The van der Waals surface area contributed by atoms with Gasteiger partial charge >= 0.3 is 0 Å². The summed E-state index contributed by atoms with van der Waals surface area (Å²) in [6, 6.07) is 18.5. The molecule has 32 heavy (non-hydrogen) atoms.